The SMILES string of the molecule is COc1cc(/C=C(/C#N)C(=O)Nc2ccc(C)cc2C)cc(Br)c1OC. The maximum absolute atomic E-state index is 12.5. The number of carbonyl (C=O) groups excluding carboxylic acids is 1. The van der Waals surface area contributed by atoms with E-state index in [9.17, 15) is 10.1 Å². The van der Waals surface area contributed by atoms with Crippen LogP contribution in [0, 0.1) is 25.2 Å². The molecule has 0 saturated heterocycles. The van der Waals surface area contributed by atoms with E-state index >= 15 is 0 Å². The van der Waals surface area contributed by atoms with Crippen LogP contribution in [0.1, 0.15) is 16.7 Å². The smallest absolute Gasteiger partial charge is 0.266 e. The van der Waals surface area contributed by atoms with E-state index < -0.39 is 5.91 Å². The summed E-state index contributed by atoms with van der Waals surface area (Å²) in [6.07, 6.45) is 1.51. The Kier molecular flexibility index (Phi) is 6.42. The van der Waals surface area contributed by atoms with Crippen LogP contribution in [-0.4, -0.2) is 20.1 Å². The number of nitrogens with zero attached hydrogens (tertiary/aromatic N) is 1. The monoisotopic (exact) mass is 414 g/mol. The van der Waals surface area contributed by atoms with Crippen molar-refractivity contribution in [3.05, 3.63) is 57.1 Å². The lowest BCUT2D eigenvalue weighted by Gasteiger charge is -2.11. The van der Waals surface area contributed by atoms with Crippen molar-refractivity contribution in [1.82, 2.24) is 0 Å². The Morgan fingerprint density at radius 2 is 1.92 bits per heavy atom. The molecule has 0 saturated carbocycles. The average molecular weight is 415 g/mol. The van der Waals surface area contributed by atoms with Gasteiger partial charge in [-0.15, -0.1) is 0 Å². The maximum Gasteiger partial charge on any atom is 0.266 e. The minimum Gasteiger partial charge on any atom is -0.493 e. The van der Waals surface area contributed by atoms with Gasteiger partial charge < -0.3 is 14.8 Å². The maximum atomic E-state index is 12.5. The van der Waals surface area contributed by atoms with Crippen LogP contribution in [0.25, 0.3) is 6.08 Å². The zero-order valence-electron chi connectivity index (χ0n) is 15.0. The highest BCUT2D eigenvalue weighted by molar-refractivity contribution is 9.10. The van der Waals surface area contributed by atoms with Crippen LogP contribution in [0.3, 0.4) is 0 Å². The van der Waals surface area contributed by atoms with Crippen molar-refractivity contribution in [2.24, 2.45) is 0 Å². The molecule has 5 nitrogen and oxygen atoms in total. The van der Waals surface area contributed by atoms with Gasteiger partial charge in [-0.25, -0.2) is 0 Å². The van der Waals surface area contributed by atoms with Gasteiger partial charge in [-0.05, 0) is 65.2 Å². The molecule has 1 N–H and O–H groups in total. The number of benzene rings is 2. The number of nitriles is 1. The lowest BCUT2D eigenvalue weighted by molar-refractivity contribution is -0.112. The molecule has 0 fully saturated rings. The number of carbonyl (C=O) groups is 1. The van der Waals surface area contributed by atoms with Crippen molar-refractivity contribution in [3.8, 4) is 17.6 Å². The number of amides is 1. The summed E-state index contributed by atoms with van der Waals surface area (Å²) in [4.78, 5) is 12.5. The Labute approximate surface area is 161 Å². The molecule has 26 heavy (non-hydrogen) atoms. The Hall–Kier alpha value is -2.78. The van der Waals surface area contributed by atoms with Crippen molar-refractivity contribution in [2.45, 2.75) is 13.8 Å². The van der Waals surface area contributed by atoms with Gasteiger partial charge in [0.05, 0.1) is 18.7 Å². The zero-order valence-corrected chi connectivity index (χ0v) is 16.6. The van der Waals surface area contributed by atoms with Crippen LogP contribution in [0.5, 0.6) is 11.5 Å². The molecular formula is C20H19BrN2O3. The first-order chi connectivity index (χ1) is 12.4. The molecule has 0 bridgehead atoms. The number of hydrogen-bond donors (Lipinski definition) is 1. The number of ether oxygens (including phenoxy) is 2. The fraction of sp³-hybridized carbons (Fsp3) is 0.200. The Morgan fingerprint density at radius 3 is 2.50 bits per heavy atom. The number of hydrogen-bond acceptors (Lipinski definition) is 4. The summed E-state index contributed by atoms with van der Waals surface area (Å²) in [7, 11) is 3.06. The zero-order chi connectivity index (χ0) is 19.3. The first-order valence-electron chi connectivity index (χ1n) is 7.81. The van der Waals surface area contributed by atoms with Crippen LogP contribution in [-0.2, 0) is 4.79 Å². The molecule has 134 valence electrons. The van der Waals surface area contributed by atoms with Crippen LogP contribution < -0.4 is 14.8 Å². The van der Waals surface area contributed by atoms with Gasteiger partial charge in [-0.2, -0.15) is 5.26 Å². The fourth-order valence-electron chi connectivity index (χ4n) is 2.48. The van der Waals surface area contributed by atoms with Gasteiger partial charge in [0.2, 0.25) is 0 Å². The van der Waals surface area contributed by atoms with E-state index in [1.54, 1.807) is 12.1 Å². The Morgan fingerprint density at radius 1 is 1.19 bits per heavy atom. The van der Waals surface area contributed by atoms with E-state index in [0.717, 1.165) is 11.1 Å². The van der Waals surface area contributed by atoms with E-state index in [4.69, 9.17) is 9.47 Å². The van der Waals surface area contributed by atoms with Crippen molar-refractivity contribution in [1.29, 1.82) is 5.26 Å². The third kappa shape index (κ3) is 4.44. The molecule has 0 heterocycles. The molecule has 2 aromatic carbocycles. The van der Waals surface area contributed by atoms with Gasteiger partial charge in [-0.1, -0.05) is 17.7 Å². The molecule has 0 aliphatic heterocycles. The molecule has 0 aromatic heterocycles. The lowest BCUT2D eigenvalue weighted by Crippen LogP contribution is -2.14. The largest absolute Gasteiger partial charge is 0.493 e. The number of methoxy groups -OCH3 is 2. The van der Waals surface area contributed by atoms with Gasteiger partial charge in [0.15, 0.2) is 11.5 Å². The third-order valence-electron chi connectivity index (χ3n) is 3.76. The van der Waals surface area contributed by atoms with Crippen LogP contribution in [0.4, 0.5) is 5.69 Å². The normalized spacial score (nSPS) is 10.8. The minimum atomic E-state index is -0.467. The van der Waals surface area contributed by atoms with E-state index in [1.165, 1.54) is 20.3 Å². The lowest BCUT2D eigenvalue weighted by atomic mass is 10.1. The molecule has 2 rings (SSSR count). The molecule has 6 heteroatoms. The second kappa shape index (κ2) is 8.54. The first-order valence-corrected chi connectivity index (χ1v) is 8.60. The summed E-state index contributed by atoms with van der Waals surface area (Å²) >= 11 is 3.40. The van der Waals surface area contributed by atoms with Crippen molar-refractivity contribution >= 4 is 33.6 Å². The summed E-state index contributed by atoms with van der Waals surface area (Å²) in [5.41, 5.74) is 3.34. The van der Waals surface area contributed by atoms with E-state index in [0.29, 0.717) is 27.2 Å². The summed E-state index contributed by atoms with van der Waals surface area (Å²) in [5.74, 6) is 0.577. The van der Waals surface area contributed by atoms with Gasteiger partial charge in [-0.3, -0.25) is 4.79 Å². The number of rotatable bonds is 5. The molecule has 0 radical (unpaired) electrons. The third-order valence-corrected chi connectivity index (χ3v) is 4.35. The van der Waals surface area contributed by atoms with Crippen LogP contribution in [0.15, 0.2) is 40.4 Å². The topological polar surface area (TPSA) is 71.3 Å². The van der Waals surface area contributed by atoms with E-state index in [-0.39, 0.29) is 5.57 Å². The van der Waals surface area contributed by atoms with Crippen LogP contribution in [0.2, 0.25) is 0 Å². The molecule has 0 aliphatic carbocycles. The highest BCUT2D eigenvalue weighted by atomic mass is 79.9. The Bertz CT molecular complexity index is 914. The number of halogens is 1. The molecule has 0 atom stereocenters. The fourth-order valence-corrected chi connectivity index (χ4v) is 3.10. The van der Waals surface area contributed by atoms with E-state index in [2.05, 4.69) is 21.2 Å². The van der Waals surface area contributed by atoms with Crippen molar-refractivity contribution in [2.75, 3.05) is 19.5 Å². The summed E-state index contributed by atoms with van der Waals surface area (Å²) in [6.45, 7) is 3.89. The highest BCUT2D eigenvalue weighted by Crippen LogP contribution is 2.36. The molecule has 0 unspecified atom stereocenters. The standard InChI is InChI=1S/C20H19BrN2O3/c1-12-5-6-17(13(2)7-12)23-20(24)15(11-22)8-14-9-16(21)19(26-4)18(10-14)25-3/h5-10H,1-4H3,(H,23,24)/b15-8-. The van der Waals surface area contributed by atoms with Gasteiger partial charge in [0.25, 0.3) is 5.91 Å². The van der Waals surface area contributed by atoms with Crippen molar-refractivity contribution < 1.29 is 14.3 Å². The number of nitrogens with one attached hydrogen (secondary N) is 1. The van der Waals surface area contributed by atoms with E-state index in [1.807, 2.05) is 38.1 Å². The molecular weight excluding hydrogens is 396 g/mol. The first kappa shape index (κ1) is 19.5. The highest BCUT2D eigenvalue weighted by Gasteiger charge is 2.14. The number of anilines is 1. The van der Waals surface area contributed by atoms with Crippen LogP contribution >= 0.6 is 15.9 Å². The van der Waals surface area contributed by atoms with Gasteiger partial charge in [0.1, 0.15) is 11.6 Å². The molecule has 1 amide bonds. The van der Waals surface area contributed by atoms with Gasteiger partial charge in [0, 0.05) is 5.69 Å². The summed E-state index contributed by atoms with van der Waals surface area (Å²) < 4.78 is 11.2. The molecule has 2 aromatic rings. The predicted molar refractivity (Wildman–Crippen MR) is 105 cm³/mol. The van der Waals surface area contributed by atoms with Gasteiger partial charge >= 0.3 is 0 Å². The summed E-state index contributed by atoms with van der Waals surface area (Å²) in [5, 5.41) is 12.2. The quantitative estimate of drug-likeness (QED) is 0.571. The minimum absolute atomic E-state index is 0.0101. The molecule has 0 spiro atoms. The molecule has 0 aliphatic rings. The second-order valence-corrected chi connectivity index (χ2v) is 6.53. The average Bonchev–Trinajstić information content (AvgIpc) is 2.61. The second-order valence-electron chi connectivity index (χ2n) is 5.68. The van der Waals surface area contributed by atoms with Crippen molar-refractivity contribution in [3.63, 3.8) is 0 Å². The number of aryl methyl sites for hydroxylation is 2. The summed E-state index contributed by atoms with van der Waals surface area (Å²) in [6, 6.07) is 11.1. The predicted octanol–water partition coefficient (Wildman–Crippen LogP) is 4.63. The Balaban J connectivity index is 2.34.